The Morgan fingerprint density at radius 2 is 2.24 bits per heavy atom. The Hall–Kier alpha value is -1.92. The first-order chi connectivity index (χ1) is 10.1. The average Bonchev–Trinajstić information content (AvgIpc) is 3.06. The number of aromatic nitrogens is 1. The molecule has 4 nitrogen and oxygen atoms in total. The number of carboxylic acids is 1. The Kier molecular flexibility index (Phi) is 3.90. The van der Waals surface area contributed by atoms with Crippen LogP contribution in [0.15, 0.2) is 50.9 Å². The molecule has 0 unspecified atom stereocenters. The summed E-state index contributed by atoms with van der Waals surface area (Å²) in [6.07, 6.45) is 1.96. The van der Waals surface area contributed by atoms with Crippen molar-refractivity contribution in [2.75, 3.05) is 0 Å². The van der Waals surface area contributed by atoms with E-state index in [2.05, 4.69) is 27.0 Å². The number of carboxylic acid groups (broad SMARTS) is 1. The second kappa shape index (κ2) is 5.83. The van der Waals surface area contributed by atoms with Crippen LogP contribution in [-0.2, 0) is 6.42 Å². The molecule has 21 heavy (non-hydrogen) atoms. The van der Waals surface area contributed by atoms with Gasteiger partial charge in [0.1, 0.15) is 12.0 Å². The molecule has 0 aliphatic carbocycles. The number of halogens is 1. The van der Waals surface area contributed by atoms with Gasteiger partial charge in [-0.1, -0.05) is 28.1 Å². The van der Waals surface area contributed by atoms with E-state index in [0.717, 1.165) is 21.5 Å². The maximum atomic E-state index is 10.8. The molecule has 2 heterocycles. The first kappa shape index (κ1) is 14.0. The van der Waals surface area contributed by atoms with E-state index in [1.807, 2.05) is 23.6 Å². The van der Waals surface area contributed by atoms with Crippen LogP contribution in [-0.4, -0.2) is 16.1 Å². The molecule has 0 aliphatic heterocycles. The van der Waals surface area contributed by atoms with Crippen LogP contribution >= 0.6 is 27.3 Å². The molecule has 3 aromatic rings. The van der Waals surface area contributed by atoms with Crippen LogP contribution in [0.4, 0.5) is 0 Å². The lowest BCUT2D eigenvalue weighted by atomic mass is 10.2. The van der Waals surface area contributed by atoms with E-state index < -0.39 is 5.97 Å². The highest BCUT2D eigenvalue weighted by molar-refractivity contribution is 9.10. The Labute approximate surface area is 133 Å². The van der Waals surface area contributed by atoms with Gasteiger partial charge >= 0.3 is 5.97 Å². The lowest BCUT2D eigenvalue weighted by molar-refractivity contribution is 0.0696. The lowest BCUT2D eigenvalue weighted by Gasteiger charge is -1.98. The van der Waals surface area contributed by atoms with Crippen molar-refractivity contribution in [2.45, 2.75) is 6.42 Å². The number of hydrogen-bond acceptors (Lipinski definition) is 4. The van der Waals surface area contributed by atoms with Gasteiger partial charge in [0.05, 0.1) is 10.6 Å². The monoisotopic (exact) mass is 363 g/mol. The smallest absolute Gasteiger partial charge is 0.338 e. The van der Waals surface area contributed by atoms with Gasteiger partial charge in [-0.15, -0.1) is 11.3 Å². The van der Waals surface area contributed by atoms with Crippen LogP contribution in [0.2, 0.25) is 0 Å². The summed E-state index contributed by atoms with van der Waals surface area (Å²) in [5.74, 6) is -0.529. The normalized spacial score (nSPS) is 10.7. The van der Waals surface area contributed by atoms with Gasteiger partial charge in [0.15, 0.2) is 5.76 Å². The van der Waals surface area contributed by atoms with Crippen molar-refractivity contribution in [1.82, 2.24) is 4.98 Å². The van der Waals surface area contributed by atoms with Crippen molar-refractivity contribution in [3.05, 3.63) is 62.6 Å². The molecule has 0 atom stereocenters. The summed E-state index contributed by atoms with van der Waals surface area (Å²) in [6, 6.07) is 9.55. The first-order valence-corrected chi connectivity index (χ1v) is 7.80. The number of aromatic carboxylic acids is 1. The quantitative estimate of drug-likeness (QED) is 0.743. The van der Waals surface area contributed by atoms with Gasteiger partial charge in [0.25, 0.3) is 0 Å². The fraction of sp³-hybridized carbons (Fsp3) is 0.0667. The van der Waals surface area contributed by atoms with E-state index in [1.165, 1.54) is 23.7 Å². The Morgan fingerprint density at radius 3 is 2.95 bits per heavy atom. The number of rotatable bonds is 4. The molecule has 106 valence electrons. The fourth-order valence-corrected chi connectivity index (χ4v) is 3.17. The van der Waals surface area contributed by atoms with Gasteiger partial charge in [0, 0.05) is 22.3 Å². The molecular weight excluding hydrogens is 354 g/mol. The molecule has 1 N–H and O–H groups in total. The van der Waals surface area contributed by atoms with E-state index >= 15 is 0 Å². The molecule has 6 heteroatoms. The van der Waals surface area contributed by atoms with Crippen LogP contribution in [0.5, 0.6) is 0 Å². The van der Waals surface area contributed by atoms with Crippen LogP contribution in [0.3, 0.4) is 0 Å². The molecule has 1 aromatic carbocycles. The minimum absolute atomic E-state index is 0.131. The van der Waals surface area contributed by atoms with Gasteiger partial charge < -0.3 is 9.52 Å². The standard InChI is InChI=1S/C15H10BrNO3S/c16-11-3-1-2-9(4-11)5-14-17-12(8-21-14)13-6-10(7-20-13)15(18)19/h1-4,6-8H,5H2,(H,18,19). The Morgan fingerprint density at radius 1 is 1.38 bits per heavy atom. The number of hydrogen-bond donors (Lipinski definition) is 1. The molecule has 0 aliphatic rings. The van der Waals surface area contributed by atoms with E-state index in [-0.39, 0.29) is 5.56 Å². The molecule has 0 amide bonds. The fourth-order valence-electron chi connectivity index (χ4n) is 1.91. The summed E-state index contributed by atoms with van der Waals surface area (Å²) < 4.78 is 6.29. The summed E-state index contributed by atoms with van der Waals surface area (Å²) >= 11 is 4.97. The van der Waals surface area contributed by atoms with E-state index in [9.17, 15) is 4.79 Å². The van der Waals surface area contributed by atoms with Crippen molar-refractivity contribution < 1.29 is 14.3 Å². The molecule has 0 bridgehead atoms. The SMILES string of the molecule is O=C(O)c1coc(-c2csc(Cc3cccc(Br)c3)n2)c1. The molecule has 0 saturated heterocycles. The number of benzene rings is 1. The molecule has 0 saturated carbocycles. The summed E-state index contributed by atoms with van der Waals surface area (Å²) in [4.78, 5) is 15.3. The lowest BCUT2D eigenvalue weighted by Crippen LogP contribution is -1.91. The first-order valence-electron chi connectivity index (χ1n) is 6.13. The predicted molar refractivity (Wildman–Crippen MR) is 83.7 cm³/mol. The van der Waals surface area contributed by atoms with Crippen molar-refractivity contribution >= 4 is 33.2 Å². The highest BCUT2D eigenvalue weighted by atomic mass is 79.9. The highest BCUT2D eigenvalue weighted by Gasteiger charge is 2.12. The number of furan rings is 1. The van der Waals surface area contributed by atoms with E-state index in [0.29, 0.717) is 11.5 Å². The third-order valence-corrected chi connectivity index (χ3v) is 4.24. The second-order valence-corrected chi connectivity index (χ2v) is 6.30. The summed E-state index contributed by atoms with van der Waals surface area (Å²) in [5.41, 5.74) is 1.96. The third-order valence-electron chi connectivity index (χ3n) is 2.89. The van der Waals surface area contributed by atoms with Crippen molar-refractivity contribution in [3.8, 4) is 11.5 Å². The van der Waals surface area contributed by atoms with Crippen LogP contribution < -0.4 is 0 Å². The summed E-state index contributed by atoms with van der Waals surface area (Å²) in [5, 5.41) is 11.7. The minimum atomic E-state index is -1.01. The average molecular weight is 364 g/mol. The van der Waals surface area contributed by atoms with Crippen molar-refractivity contribution in [3.63, 3.8) is 0 Å². The second-order valence-electron chi connectivity index (χ2n) is 4.44. The molecular formula is C15H10BrNO3S. The topological polar surface area (TPSA) is 63.3 Å². The number of carbonyl (C=O) groups is 1. The Balaban J connectivity index is 1.81. The van der Waals surface area contributed by atoms with Crippen LogP contribution in [0, 0.1) is 0 Å². The summed E-state index contributed by atoms with van der Waals surface area (Å²) in [7, 11) is 0. The highest BCUT2D eigenvalue weighted by Crippen LogP contribution is 2.25. The van der Waals surface area contributed by atoms with Gasteiger partial charge in [-0.2, -0.15) is 0 Å². The summed E-state index contributed by atoms with van der Waals surface area (Å²) in [6.45, 7) is 0. The maximum Gasteiger partial charge on any atom is 0.338 e. The van der Waals surface area contributed by atoms with Crippen LogP contribution in [0.1, 0.15) is 20.9 Å². The molecule has 0 fully saturated rings. The molecule has 3 rings (SSSR count). The van der Waals surface area contributed by atoms with E-state index in [1.54, 1.807) is 0 Å². The van der Waals surface area contributed by atoms with Crippen molar-refractivity contribution in [2.24, 2.45) is 0 Å². The molecule has 0 radical (unpaired) electrons. The minimum Gasteiger partial charge on any atom is -0.478 e. The van der Waals surface area contributed by atoms with Crippen LogP contribution in [0.25, 0.3) is 11.5 Å². The zero-order chi connectivity index (χ0) is 14.8. The number of thiazole rings is 1. The predicted octanol–water partition coefficient (Wildman–Crippen LogP) is 4.45. The zero-order valence-electron chi connectivity index (χ0n) is 10.7. The zero-order valence-corrected chi connectivity index (χ0v) is 13.1. The largest absolute Gasteiger partial charge is 0.478 e. The van der Waals surface area contributed by atoms with Crippen molar-refractivity contribution in [1.29, 1.82) is 0 Å². The van der Waals surface area contributed by atoms with Gasteiger partial charge in [-0.05, 0) is 17.7 Å². The van der Waals surface area contributed by atoms with Gasteiger partial charge in [-0.3, -0.25) is 0 Å². The van der Waals surface area contributed by atoms with Gasteiger partial charge in [0.2, 0.25) is 0 Å². The Bertz CT molecular complexity index is 794. The number of nitrogens with zero attached hydrogens (tertiary/aromatic N) is 1. The third kappa shape index (κ3) is 3.22. The van der Waals surface area contributed by atoms with E-state index in [4.69, 9.17) is 9.52 Å². The maximum absolute atomic E-state index is 10.8. The molecule has 0 spiro atoms. The molecule has 2 aromatic heterocycles. The van der Waals surface area contributed by atoms with Gasteiger partial charge in [-0.25, -0.2) is 9.78 Å².